The average Bonchev–Trinajstić information content (AvgIpc) is 2.67. The van der Waals surface area contributed by atoms with Gasteiger partial charge in [-0.25, -0.2) is 4.79 Å². The maximum atomic E-state index is 13.6. The molecule has 0 saturated carbocycles. The Kier molecular flexibility index (Phi) is 10.4. The fraction of sp³-hybridized carbons (Fsp3) is 0.800. The number of rotatable bonds is 8. The minimum Gasteiger partial charge on any atom is -0.463 e. The van der Waals surface area contributed by atoms with Gasteiger partial charge in [0.15, 0.2) is 0 Å². The predicted octanol–water partition coefficient (Wildman–Crippen LogP) is 3.24. The van der Waals surface area contributed by atoms with E-state index >= 15 is 0 Å². The zero-order chi connectivity index (χ0) is 24.8. The van der Waals surface area contributed by atoms with Crippen molar-refractivity contribution < 1.29 is 19.1 Å². The van der Waals surface area contributed by atoms with Crippen LogP contribution in [0.4, 0.5) is 0 Å². The smallest absolute Gasteiger partial charge is 0.333 e. The molecular formula is C25H45N3O4. The zero-order valence-corrected chi connectivity index (χ0v) is 21.8. The largest absolute Gasteiger partial charge is 0.463 e. The highest BCUT2D eigenvalue weighted by Crippen LogP contribution is 2.25. The van der Waals surface area contributed by atoms with Gasteiger partial charge in [-0.15, -0.1) is 0 Å². The summed E-state index contributed by atoms with van der Waals surface area (Å²) in [7, 11) is 3.71. The third-order valence-corrected chi connectivity index (χ3v) is 6.26. The Morgan fingerprint density at radius 1 is 1.22 bits per heavy atom. The molecule has 1 fully saturated rings. The molecule has 0 aromatic carbocycles. The molecular weight excluding hydrogens is 406 g/mol. The lowest BCUT2D eigenvalue weighted by Gasteiger charge is -2.40. The maximum absolute atomic E-state index is 13.6. The van der Waals surface area contributed by atoms with Crippen LogP contribution in [0.5, 0.6) is 0 Å². The van der Waals surface area contributed by atoms with Gasteiger partial charge in [-0.1, -0.05) is 47.6 Å². The summed E-state index contributed by atoms with van der Waals surface area (Å²) < 4.78 is 5.09. The van der Waals surface area contributed by atoms with Crippen molar-refractivity contribution in [2.75, 3.05) is 27.2 Å². The zero-order valence-electron chi connectivity index (χ0n) is 21.8. The molecule has 0 unspecified atom stereocenters. The number of hydrogen-bond donors (Lipinski definition) is 1. The van der Waals surface area contributed by atoms with Crippen molar-refractivity contribution in [2.24, 2.45) is 17.3 Å². The van der Waals surface area contributed by atoms with Crippen molar-refractivity contribution >= 4 is 17.8 Å². The number of piperidine rings is 1. The minimum absolute atomic E-state index is 0.0793. The van der Waals surface area contributed by atoms with Crippen LogP contribution in [0, 0.1) is 17.3 Å². The highest BCUT2D eigenvalue weighted by molar-refractivity contribution is 5.91. The molecule has 0 aliphatic carbocycles. The molecule has 0 spiro atoms. The van der Waals surface area contributed by atoms with E-state index in [0.717, 1.165) is 19.4 Å². The summed E-state index contributed by atoms with van der Waals surface area (Å²) in [5.41, 5.74) is 0.00247. The van der Waals surface area contributed by atoms with E-state index in [9.17, 15) is 14.4 Å². The van der Waals surface area contributed by atoms with E-state index in [2.05, 4.69) is 17.1 Å². The normalized spacial score (nSPS) is 22.3. The molecule has 2 amide bonds. The summed E-state index contributed by atoms with van der Waals surface area (Å²) >= 11 is 0. The van der Waals surface area contributed by atoms with Gasteiger partial charge in [0.2, 0.25) is 11.8 Å². The van der Waals surface area contributed by atoms with Crippen molar-refractivity contribution in [3.8, 4) is 0 Å². The Labute approximate surface area is 194 Å². The van der Waals surface area contributed by atoms with Gasteiger partial charge in [0.25, 0.3) is 0 Å². The maximum Gasteiger partial charge on any atom is 0.333 e. The molecule has 7 heteroatoms. The summed E-state index contributed by atoms with van der Waals surface area (Å²) in [6, 6.07) is -1.20. The van der Waals surface area contributed by atoms with E-state index in [-0.39, 0.29) is 35.8 Å². The highest BCUT2D eigenvalue weighted by Gasteiger charge is 2.39. The van der Waals surface area contributed by atoms with E-state index in [1.165, 1.54) is 0 Å². The molecule has 32 heavy (non-hydrogen) atoms. The van der Waals surface area contributed by atoms with Gasteiger partial charge in [0.1, 0.15) is 6.04 Å². The van der Waals surface area contributed by atoms with Crippen molar-refractivity contribution in [2.45, 2.75) is 86.4 Å². The number of likely N-dealkylation sites (N-methyl/N-ethyl adjacent to an activating group) is 2. The molecule has 7 nitrogen and oxygen atoms in total. The number of likely N-dealkylation sites (tertiary alicyclic amines) is 1. The molecule has 0 bridgehead atoms. The Morgan fingerprint density at radius 3 is 2.28 bits per heavy atom. The Bertz CT molecular complexity index is 696. The standard InChI is InChI=1S/C25H45N3O4/c1-11-32-24(31)18(5)14-20(16(2)3)28(10)23(30)21(25(6,7)8)26-22(29)19-13-12-17(4)15-27(19)9/h14,16-17,19-21H,11-13,15H2,1-10H3,(H,26,29)/b18-14+/t17-,19+,20-,21-/m1/s1. The second kappa shape index (κ2) is 11.8. The first-order valence-electron chi connectivity index (χ1n) is 11.8. The Hall–Kier alpha value is -1.89. The number of carbonyl (C=O) groups is 3. The molecule has 1 rings (SSSR count). The molecule has 184 valence electrons. The number of hydrogen-bond acceptors (Lipinski definition) is 5. The van der Waals surface area contributed by atoms with Crippen LogP contribution >= 0.6 is 0 Å². The average molecular weight is 452 g/mol. The lowest BCUT2D eigenvalue weighted by atomic mass is 9.84. The first kappa shape index (κ1) is 28.1. The van der Waals surface area contributed by atoms with E-state index < -0.39 is 11.5 Å². The van der Waals surface area contributed by atoms with E-state index in [1.807, 2.05) is 41.7 Å². The lowest BCUT2D eigenvalue weighted by Crippen LogP contribution is -2.60. The second-order valence-electron chi connectivity index (χ2n) is 10.7. The third kappa shape index (κ3) is 7.61. The lowest BCUT2D eigenvalue weighted by molar-refractivity contribution is -0.142. The molecule has 1 aliphatic heterocycles. The van der Waals surface area contributed by atoms with Gasteiger partial charge in [0, 0.05) is 19.2 Å². The van der Waals surface area contributed by atoms with Gasteiger partial charge in [-0.2, -0.15) is 0 Å². The first-order valence-corrected chi connectivity index (χ1v) is 11.8. The van der Waals surface area contributed by atoms with Gasteiger partial charge in [-0.05, 0) is 51.0 Å². The number of amides is 2. The van der Waals surface area contributed by atoms with Crippen LogP contribution in [0.3, 0.4) is 0 Å². The third-order valence-electron chi connectivity index (χ3n) is 6.26. The Morgan fingerprint density at radius 2 is 1.81 bits per heavy atom. The number of nitrogens with one attached hydrogen (secondary N) is 1. The van der Waals surface area contributed by atoms with Crippen LogP contribution < -0.4 is 5.32 Å². The fourth-order valence-corrected chi connectivity index (χ4v) is 4.26. The number of carbonyl (C=O) groups excluding carboxylic acids is 3. The number of esters is 1. The second-order valence-corrected chi connectivity index (χ2v) is 10.7. The molecule has 4 atom stereocenters. The molecule has 1 aliphatic rings. The van der Waals surface area contributed by atoms with E-state index in [1.54, 1.807) is 31.9 Å². The van der Waals surface area contributed by atoms with Crippen LogP contribution in [0.15, 0.2) is 11.6 Å². The number of nitrogens with zero attached hydrogens (tertiary/aromatic N) is 2. The van der Waals surface area contributed by atoms with Crippen molar-refractivity contribution in [3.63, 3.8) is 0 Å². The monoisotopic (exact) mass is 451 g/mol. The fourth-order valence-electron chi connectivity index (χ4n) is 4.26. The van der Waals surface area contributed by atoms with Crippen LogP contribution in [-0.2, 0) is 19.1 Å². The molecule has 1 saturated heterocycles. The minimum atomic E-state index is -0.676. The van der Waals surface area contributed by atoms with Gasteiger partial charge in [-0.3, -0.25) is 14.5 Å². The molecule has 1 N–H and O–H groups in total. The molecule has 1 heterocycles. The predicted molar refractivity (Wildman–Crippen MR) is 128 cm³/mol. The SMILES string of the molecule is CCOC(=O)/C(C)=C/[C@H](C(C)C)N(C)C(=O)[C@@H](NC(=O)[C@@H]1CC[C@@H](C)CN1C)C(C)(C)C. The Balaban J connectivity index is 3.10. The van der Waals surface area contributed by atoms with Crippen molar-refractivity contribution in [1.82, 2.24) is 15.1 Å². The van der Waals surface area contributed by atoms with Gasteiger partial charge >= 0.3 is 5.97 Å². The van der Waals surface area contributed by atoms with Crippen molar-refractivity contribution in [1.29, 1.82) is 0 Å². The quantitative estimate of drug-likeness (QED) is 0.453. The topological polar surface area (TPSA) is 79.0 Å². The van der Waals surface area contributed by atoms with E-state index in [4.69, 9.17) is 4.74 Å². The molecule has 0 radical (unpaired) electrons. The van der Waals surface area contributed by atoms with Crippen LogP contribution in [-0.4, -0.2) is 73.0 Å². The van der Waals surface area contributed by atoms with E-state index in [0.29, 0.717) is 18.1 Å². The van der Waals surface area contributed by atoms with Crippen LogP contribution in [0.2, 0.25) is 0 Å². The number of ether oxygens (including phenoxy) is 1. The van der Waals surface area contributed by atoms with Crippen LogP contribution in [0.25, 0.3) is 0 Å². The summed E-state index contributed by atoms with van der Waals surface area (Å²) in [6.07, 6.45) is 3.59. The first-order chi connectivity index (χ1) is 14.7. The van der Waals surface area contributed by atoms with Gasteiger partial charge < -0.3 is 15.0 Å². The summed E-state index contributed by atoms with van der Waals surface area (Å²) in [4.78, 5) is 42.6. The molecule has 0 aromatic heterocycles. The van der Waals surface area contributed by atoms with Crippen molar-refractivity contribution in [3.05, 3.63) is 11.6 Å². The summed E-state index contributed by atoms with van der Waals surface area (Å²) in [5, 5.41) is 3.06. The summed E-state index contributed by atoms with van der Waals surface area (Å²) in [6.45, 7) is 16.7. The van der Waals surface area contributed by atoms with Crippen LogP contribution in [0.1, 0.15) is 68.2 Å². The highest BCUT2D eigenvalue weighted by atomic mass is 16.5. The summed E-state index contributed by atoms with van der Waals surface area (Å²) in [5.74, 6) is 0.00556. The van der Waals surface area contributed by atoms with Gasteiger partial charge in [0.05, 0.1) is 18.7 Å². The molecule has 0 aromatic rings.